The van der Waals surface area contributed by atoms with Crippen LogP contribution in [0.3, 0.4) is 0 Å². The Hall–Kier alpha value is -1.60. The number of halogens is 1. The molecule has 1 unspecified atom stereocenters. The van der Waals surface area contributed by atoms with E-state index in [4.69, 9.17) is 4.74 Å². The van der Waals surface area contributed by atoms with Gasteiger partial charge in [-0.1, -0.05) is 12.1 Å². The van der Waals surface area contributed by atoms with Crippen molar-refractivity contribution in [3.05, 3.63) is 44.8 Å². The highest BCUT2D eigenvalue weighted by Gasteiger charge is 2.11. The number of hydrogen-bond donors (Lipinski definition) is 1. The molecule has 0 bridgehead atoms. The third-order valence-corrected chi connectivity index (χ3v) is 4.83. The second-order valence-electron chi connectivity index (χ2n) is 5.50. The SMILES string of the molecule is CN=C(NCC(C)Oc1ccccc1Br)N(C)Cc1csc(C)n1. The van der Waals surface area contributed by atoms with E-state index in [0.717, 1.165) is 33.4 Å². The van der Waals surface area contributed by atoms with Crippen molar-refractivity contribution in [3.8, 4) is 5.75 Å². The number of para-hydroxylation sites is 1. The number of aliphatic imine (C=N–C) groups is 1. The fourth-order valence-electron chi connectivity index (χ4n) is 2.22. The molecule has 24 heavy (non-hydrogen) atoms. The topological polar surface area (TPSA) is 49.8 Å². The molecule has 0 saturated carbocycles. The van der Waals surface area contributed by atoms with Gasteiger partial charge in [0.25, 0.3) is 0 Å². The number of rotatable bonds is 6. The summed E-state index contributed by atoms with van der Waals surface area (Å²) in [6.45, 7) is 5.43. The summed E-state index contributed by atoms with van der Waals surface area (Å²) in [6.07, 6.45) is 0.00960. The van der Waals surface area contributed by atoms with Gasteiger partial charge >= 0.3 is 0 Å². The van der Waals surface area contributed by atoms with Crippen molar-refractivity contribution in [1.29, 1.82) is 0 Å². The van der Waals surface area contributed by atoms with Crippen molar-refractivity contribution in [3.63, 3.8) is 0 Å². The van der Waals surface area contributed by atoms with Gasteiger partial charge in [0.15, 0.2) is 5.96 Å². The minimum atomic E-state index is 0.00960. The van der Waals surface area contributed by atoms with Crippen molar-refractivity contribution in [2.45, 2.75) is 26.5 Å². The van der Waals surface area contributed by atoms with Crippen LogP contribution in [0.1, 0.15) is 17.6 Å². The summed E-state index contributed by atoms with van der Waals surface area (Å²) < 4.78 is 6.90. The van der Waals surface area contributed by atoms with Gasteiger partial charge in [0.2, 0.25) is 0 Å². The molecular weight excluding hydrogens is 388 g/mol. The molecule has 2 aromatic rings. The highest BCUT2D eigenvalue weighted by Crippen LogP contribution is 2.24. The van der Waals surface area contributed by atoms with E-state index in [1.165, 1.54) is 0 Å². The van der Waals surface area contributed by atoms with Gasteiger partial charge in [-0.2, -0.15) is 0 Å². The number of nitrogens with zero attached hydrogens (tertiary/aromatic N) is 3. The first kappa shape index (κ1) is 18.7. The summed E-state index contributed by atoms with van der Waals surface area (Å²) in [5.74, 6) is 1.66. The lowest BCUT2D eigenvalue weighted by Gasteiger charge is -2.23. The van der Waals surface area contributed by atoms with Gasteiger partial charge < -0.3 is 15.0 Å². The van der Waals surface area contributed by atoms with Crippen molar-refractivity contribution in [1.82, 2.24) is 15.2 Å². The second kappa shape index (κ2) is 9.03. The predicted molar refractivity (Wildman–Crippen MR) is 104 cm³/mol. The first-order valence-corrected chi connectivity index (χ1v) is 9.41. The third kappa shape index (κ3) is 5.49. The molecule has 0 saturated heterocycles. The molecule has 5 nitrogen and oxygen atoms in total. The molecule has 0 amide bonds. The Kier molecular flexibility index (Phi) is 7.05. The van der Waals surface area contributed by atoms with Crippen molar-refractivity contribution >= 4 is 33.2 Å². The van der Waals surface area contributed by atoms with E-state index in [2.05, 4.69) is 41.5 Å². The zero-order chi connectivity index (χ0) is 17.5. The van der Waals surface area contributed by atoms with Crippen molar-refractivity contribution in [2.24, 2.45) is 4.99 Å². The number of hydrogen-bond acceptors (Lipinski definition) is 4. The highest BCUT2D eigenvalue weighted by molar-refractivity contribution is 9.10. The van der Waals surface area contributed by atoms with E-state index in [0.29, 0.717) is 6.54 Å². The van der Waals surface area contributed by atoms with Gasteiger partial charge in [-0.05, 0) is 41.9 Å². The van der Waals surface area contributed by atoms with Crippen LogP contribution in [0.5, 0.6) is 5.75 Å². The Morgan fingerprint density at radius 2 is 2.21 bits per heavy atom. The predicted octanol–water partition coefficient (Wildman–Crippen LogP) is 3.69. The Bertz CT molecular complexity index is 689. The van der Waals surface area contributed by atoms with Crippen LogP contribution in [0.4, 0.5) is 0 Å². The van der Waals surface area contributed by atoms with Crippen molar-refractivity contribution < 1.29 is 4.74 Å². The Balaban J connectivity index is 1.85. The molecule has 0 spiro atoms. The number of aromatic nitrogens is 1. The van der Waals surface area contributed by atoms with E-state index < -0.39 is 0 Å². The average molecular weight is 411 g/mol. The van der Waals surface area contributed by atoms with Crippen molar-refractivity contribution in [2.75, 3.05) is 20.6 Å². The van der Waals surface area contributed by atoms with E-state index in [1.54, 1.807) is 18.4 Å². The highest BCUT2D eigenvalue weighted by atomic mass is 79.9. The van der Waals surface area contributed by atoms with Gasteiger partial charge in [0, 0.05) is 19.5 Å². The van der Waals surface area contributed by atoms with E-state index >= 15 is 0 Å². The fourth-order valence-corrected chi connectivity index (χ4v) is 3.20. The zero-order valence-electron chi connectivity index (χ0n) is 14.4. The van der Waals surface area contributed by atoms with Crippen LogP contribution in [0.15, 0.2) is 39.1 Å². The van der Waals surface area contributed by atoms with Gasteiger partial charge in [-0.3, -0.25) is 4.99 Å². The minimum Gasteiger partial charge on any atom is -0.488 e. The number of nitrogens with one attached hydrogen (secondary N) is 1. The summed E-state index contributed by atoms with van der Waals surface area (Å²) in [5, 5.41) is 6.51. The van der Waals surface area contributed by atoms with Crippen LogP contribution in [-0.2, 0) is 6.54 Å². The normalized spacial score (nSPS) is 12.8. The van der Waals surface area contributed by atoms with Gasteiger partial charge in [0.1, 0.15) is 11.9 Å². The fraction of sp³-hybridized carbons (Fsp3) is 0.412. The van der Waals surface area contributed by atoms with Crippen LogP contribution in [0, 0.1) is 6.92 Å². The molecule has 1 heterocycles. The summed E-state index contributed by atoms with van der Waals surface area (Å²) in [4.78, 5) is 10.9. The maximum atomic E-state index is 5.95. The van der Waals surface area contributed by atoms with Crippen LogP contribution >= 0.6 is 27.3 Å². The lowest BCUT2D eigenvalue weighted by atomic mass is 10.3. The molecule has 1 N–H and O–H groups in total. The summed E-state index contributed by atoms with van der Waals surface area (Å²) in [5.41, 5.74) is 1.06. The lowest BCUT2D eigenvalue weighted by Crippen LogP contribution is -2.42. The van der Waals surface area contributed by atoms with E-state index in [-0.39, 0.29) is 6.10 Å². The number of guanidine groups is 1. The monoisotopic (exact) mass is 410 g/mol. The molecule has 1 atom stereocenters. The standard InChI is InChI=1S/C17H23BrN4OS/c1-12(23-16-8-6-5-7-15(16)18)9-20-17(19-3)22(4)10-14-11-24-13(2)21-14/h5-8,11-12H,9-10H2,1-4H3,(H,19,20). The van der Waals surface area contributed by atoms with Gasteiger partial charge in [-0.15, -0.1) is 11.3 Å². The molecule has 0 aliphatic heterocycles. The molecule has 7 heteroatoms. The largest absolute Gasteiger partial charge is 0.488 e. The third-order valence-electron chi connectivity index (χ3n) is 3.35. The van der Waals surface area contributed by atoms with Gasteiger partial charge in [0.05, 0.1) is 28.3 Å². The van der Waals surface area contributed by atoms with E-state index in [1.807, 2.05) is 45.2 Å². The van der Waals surface area contributed by atoms with Crippen LogP contribution in [0.25, 0.3) is 0 Å². The second-order valence-corrected chi connectivity index (χ2v) is 7.42. The minimum absolute atomic E-state index is 0.00960. The number of benzene rings is 1. The Morgan fingerprint density at radius 1 is 1.46 bits per heavy atom. The maximum absolute atomic E-state index is 5.95. The van der Waals surface area contributed by atoms with E-state index in [9.17, 15) is 0 Å². The van der Waals surface area contributed by atoms with Crippen LogP contribution in [0.2, 0.25) is 0 Å². The number of ether oxygens (including phenoxy) is 1. The Morgan fingerprint density at radius 3 is 2.83 bits per heavy atom. The quantitative estimate of drug-likeness (QED) is 0.582. The average Bonchev–Trinajstić information content (AvgIpc) is 2.95. The Labute approximate surface area is 155 Å². The number of thiazole rings is 1. The number of aryl methyl sites for hydroxylation is 1. The van der Waals surface area contributed by atoms with Gasteiger partial charge in [-0.25, -0.2) is 4.98 Å². The zero-order valence-corrected chi connectivity index (χ0v) is 16.8. The molecular formula is C17H23BrN4OS. The molecule has 0 radical (unpaired) electrons. The summed E-state index contributed by atoms with van der Waals surface area (Å²) >= 11 is 5.16. The lowest BCUT2D eigenvalue weighted by molar-refractivity contribution is 0.221. The first-order chi connectivity index (χ1) is 11.5. The molecule has 0 aliphatic carbocycles. The molecule has 2 rings (SSSR count). The first-order valence-electron chi connectivity index (χ1n) is 7.73. The van der Waals surface area contributed by atoms with Crippen LogP contribution in [-0.4, -0.2) is 42.6 Å². The summed E-state index contributed by atoms with van der Waals surface area (Å²) in [6, 6.07) is 7.85. The molecule has 1 aromatic carbocycles. The maximum Gasteiger partial charge on any atom is 0.193 e. The molecule has 0 aliphatic rings. The summed E-state index contributed by atoms with van der Waals surface area (Å²) in [7, 11) is 3.79. The molecule has 1 aromatic heterocycles. The molecule has 0 fully saturated rings. The van der Waals surface area contributed by atoms with Crippen LogP contribution < -0.4 is 10.1 Å². The molecule has 130 valence electrons. The smallest absolute Gasteiger partial charge is 0.193 e.